The molecule has 0 unspecified atom stereocenters. The number of ketones is 1. The number of hydrogen-bond donors (Lipinski definition) is 0. The average Bonchev–Trinajstić information content (AvgIpc) is 2.84. The van der Waals surface area contributed by atoms with Crippen molar-refractivity contribution in [2.75, 3.05) is 0 Å². The molecule has 0 bridgehead atoms. The van der Waals surface area contributed by atoms with Crippen LogP contribution in [0.1, 0.15) is 32.4 Å². The number of cyclic esters (lactones) is 1. The zero-order valence-corrected chi connectivity index (χ0v) is 12.6. The highest BCUT2D eigenvalue weighted by atomic mass is 79.9. The third kappa shape index (κ3) is 2.33. The number of ether oxygens (including phenoxy) is 1. The fourth-order valence-corrected chi connectivity index (χ4v) is 2.72. The van der Waals surface area contributed by atoms with Gasteiger partial charge in [0.2, 0.25) is 5.78 Å². The highest BCUT2D eigenvalue weighted by Crippen LogP contribution is 2.44. The van der Waals surface area contributed by atoms with Crippen molar-refractivity contribution in [3.05, 3.63) is 69.7 Å². The molecule has 22 heavy (non-hydrogen) atoms. The Morgan fingerprint density at radius 3 is 2.50 bits per heavy atom. The largest absolute Gasteiger partial charge is 0.447 e. The lowest BCUT2D eigenvalue weighted by molar-refractivity contribution is -0.0820. The molecule has 1 heterocycles. The summed E-state index contributed by atoms with van der Waals surface area (Å²) >= 11 is 3.16. The first kappa shape index (κ1) is 14.8. The molecular weight excluding hydrogens is 358 g/mol. The average molecular weight is 367 g/mol. The lowest BCUT2D eigenvalue weighted by Gasteiger charge is -2.21. The second kappa shape index (κ2) is 5.28. The smallest absolute Gasteiger partial charge is 0.349 e. The van der Waals surface area contributed by atoms with E-state index in [0.29, 0.717) is 4.47 Å². The summed E-state index contributed by atoms with van der Waals surface area (Å²) in [5.41, 5.74) is -0.0746. The van der Waals surface area contributed by atoms with Crippen LogP contribution in [0.25, 0.3) is 0 Å². The molecule has 1 aliphatic rings. The van der Waals surface area contributed by atoms with Gasteiger partial charge < -0.3 is 4.74 Å². The number of fused-ring (bicyclic) bond motifs is 1. The van der Waals surface area contributed by atoms with Crippen LogP contribution in [0.4, 0.5) is 8.78 Å². The van der Waals surface area contributed by atoms with Gasteiger partial charge in [0, 0.05) is 15.6 Å². The topological polar surface area (TPSA) is 43.4 Å². The SMILES string of the molecule is O=C1O[C@@H](C(F)(F)C(=O)c2ccccc2)c2cc(Br)ccc21. The second-order valence-electron chi connectivity index (χ2n) is 4.84. The Kier molecular flexibility index (Phi) is 3.56. The van der Waals surface area contributed by atoms with Crippen LogP contribution in [0.2, 0.25) is 0 Å². The molecule has 3 nitrogen and oxygen atoms in total. The zero-order chi connectivity index (χ0) is 15.9. The van der Waals surface area contributed by atoms with Crippen LogP contribution in [0.5, 0.6) is 0 Å². The van der Waals surface area contributed by atoms with Gasteiger partial charge in [0.1, 0.15) is 0 Å². The first-order chi connectivity index (χ1) is 10.4. The molecule has 0 amide bonds. The van der Waals surface area contributed by atoms with Gasteiger partial charge in [-0.25, -0.2) is 4.79 Å². The highest BCUT2D eigenvalue weighted by molar-refractivity contribution is 9.10. The van der Waals surface area contributed by atoms with Crippen molar-refractivity contribution in [2.45, 2.75) is 12.0 Å². The van der Waals surface area contributed by atoms with E-state index in [2.05, 4.69) is 15.9 Å². The van der Waals surface area contributed by atoms with E-state index < -0.39 is 23.8 Å². The lowest BCUT2D eigenvalue weighted by atomic mass is 9.95. The number of hydrogen-bond acceptors (Lipinski definition) is 3. The zero-order valence-electron chi connectivity index (χ0n) is 11.1. The first-order valence-electron chi connectivity index (χ1n) is 6.39. The molecule has 2 aromatic carbocycles. The molecule has 1 atom stereocenters. The predicted octanol–water partition coefficient (Wildman–Crippen LogP) is 4.18. The number of rotatable bonds is 3. The lowest BCUT2D eigenvalue weighted by Crippen LogP contribution is -2.36. The number of alkyl halides is 2. The Morgan fingerprint density at radius 2 is 1.82 bits per heavy atom. The number of carbonyl (C=O) groups excluding carboxylic acids is 2. The van der Waals surface area contributed by atoms with Crippen LogP contribution in [0, 0.1) is 0 Å². The summed E-state index contributed by atoms with van der Waals surface area (Å²) in [6, 6.07) is 11.5. The Labute approximate surface area is 133 Å². The van der Waals surface area contributed by atoms with Crippen molar-refractivity contribution in [3.63, 3.8) is 0 Å². The molecule has 0 saturated heterocycles. The van der Waals surface area contributed by atoms with Gasteiger partial charge in [-0.2, -0.15) is 8.78 Å². The summed E-state index contributed by atoms with van der Waals surface area (Å²) in [6.45, 7) is 0. The fourth-order valence-electron chi connectivity index (χ4n) is 2.34. The Balaban J connectivity index is 2.03. The van der Waals surface area contributed by atoms with Gasteiger partial charge in [0.05, 0.1) is 5.56 Å². The number of carbonyl (C=O) groups is 2. The minimum absolute atomic E-state index is 0.00801. The van der Waals surface area contributed by atoms with Crippen LogP contribution in [-0.2, 0) is 4.74 Å². The first-order valence-corrected chi connectivity index (χ1v) is 7.18. The number of benzene rings is 2. The molecule has 1 aliphatic heterocycles. The van der Waals surface area contributed by atoms with Crippen molar-refractivity contribution in [1.82, 2.24) is 0 Å². The molecule has 0 aliphatic carbocycles. The van der Waals surface area contributed by atoms with Crippen molar-refractivity contribution in [1.29, 1.82) is 0 Å². The molecular formula is C16H9BrF2O3. The van der Waals surface area contributed by atoms with E-state index in [1.807, 2.05) is 0 Å². The molecule has 0 radical (unpaired) electrons. The van der Waals surface area contributed by atoms with E-state index in [0.717, 1.165) is 0 Å². The number of Topliss-reactive ketones (excluding diaryl/α,β-unsaturated/α-hetero) is 1. The molecule has 2 aromatic rings. The summed E-state index contributed by atoms with van der Waals surface area (Å²) < 4.78 is 34.4. The van der Waals surface area contributed by atoms with Gasteiger partial charge >= 0.3 is 11.9 Å². The number of esters is 1. The van der Waals surface area contributed by atoms with Crippen molar-refractivity contribution in [2.24, 2.45) is 0 Å². The maximum atomic E-state index is 14.5. The molecule has 0 spiro atoms. The Bertz CT molecular complexity index is 759. The Morgan fingerprint density at radius 1 is 1.14 bits per heavy atom. The number of halogens is 3. The highest BCUT2D eigenvalue weighted by Gasteiger charge is 2.54. The third-order valence-corrected chi connectivity index (χ3v) is 3.90. The van der Waals surface area contributed by atoms with Crippen LogP contribution < -0.4 is 0 Å². The van der Waals surface area contributed by atoms with Gasteiger partial charge in [0.15, 0.2) is 6.10 Å². The standard InChI is InChI=1S/C16H9BrF2O3/c17-10-6-7-11-12(8-10)14(22-15(11)21)16(18,19)13(20)9-4-2-1-3-5-9/h1-8,14H/t14-/m1/s1. The molecule has 0 saturated carbocycles. The minimum atomic E-state index is -3.84. The normalized spacial score (nSPS) is 17.0. The van der Waals surface area contributed by atoms with E-state index in [-0.39, 0.29) is 16.7 Å². The van der Waals surface area contributed by atoms with Gasteiger partial charge in [0.25, 0.3) is 0 Å². The molecule has 0 N–H and O–H groups in total. The maximum absolute atomic E-state index is 14.5. The maximum Gasteiger partial charge on any atom is 0.349 e. The van der Waals surface area contributed by atoms with Crippen LogP contribution >= 0.6 is 15.9 Å². The third-order valence-electron chi connectivity index (χ3n) is 3.41. The van der Waals surface area contributed by atoms with Gasteiger partial charge in [-0.15, -0.1) is 0 Å². The second-order valence-corrected chi connectivity index (χ2v) is 5.75. The van der Waals surface area contributed by atoms with Crippen LogP contribution in [-0.4, -0.2) is 17.7 Å². The minimum Gasteiger partial charge on any atom is -0.447 e. The van der Waals surface area contributed by atoms with Gasteiger partial charge in [-0.3, -0.25) is 4.79 Å². The van der Waals surface area contributed by atoms with E-state index in [1.165, 1.54) is 36.4 Å². The summed E-state index contributed by atoms with van der Waals surface area (Å²) in [7, 11) is 0. The summed E-state index contributed by atoms with van der Waals surface area (Å²) in [6.07, 6.45) is -1.92. The predicted molar refractivity (Wildman–Crippen MR) is 78.0 cm³/mol. The molecule has 6 heteroatoms. The Hall–Kier alpha value is -2.08. The van der Waals surface area contributed by atoms with Crippen LogP contribution in [0.15, 0.2) is 53.0 Å². The quantitative estimate of drug-likeness (QED) is 0.604. The molecule has 3 rings (SSSR count). The molecule has 0 aromatic heterocycles. The monoisotopic (exact) mass is 366 g/mol. The van der Waals surface area contributed by atoms with Gasteiger partial charge in [-0.05, 0) is 18.2 Å². The van der Waals surface area contributed by atoms with Crippen molar-refractivity contribution < 1.29 is 23.1 Å². The van der Waals surface area contributed by atoms with Crippen molar-refractivity contribution in [3.8, 4) is 0 Å². The van der Waals surface area contributed by atoms with Crippen LogP contribution in [0.3, 0.4) is 0 Å². The van der Waals surface area contributed by atoms with E-state index >= 15 is 0 Å². The van der Waals surface area contributed by atoms with E-state index in [1.54, 1.807) is 12.1 Å². The summed E-state index contributed by atoms with van der Waals surface area (Å²) in [4.78, 5) is 23.8. The summed E-state index contributed by atoms with van der Waals surface area (Å²) in [5.74, 6) is -6.07. The summed E-state index contributed by atoms with van der Waals surface area (Å²) in [5, 5.41) is 0. The van der Waals surface area contributed by atoms with E-state index in [4.69, 9.17) is 4.74 Å². The van der Waals surface area contributed by atoms with E-state index in [9.17, 15) is 18.4 Å². The molecule has 0 fully saturated rings. The van der Waals surface area contributed by atoms with Gasteiger partial charge in [-0.1, -0.05) is 46.3 Å². The van der Waals surface area contributed by atoms with Crippen molar-refractivity contribution >= 4 is 27.7 Å². The fraction of sp³-hybridized carbons (Fsp3) is 0.125. The molecule has 112 valence electrons.